The molecule has 2 rings (SSSR count). The van der Waals surface area contributed by atoms with Crippen LogP contribution in [-0.4, -0.2) is 10.1 Å². The van der Waals surface area contributed by atoms with Crippen LogP contribution < -0.4 is 0 Å². The first kappa shape index (κ1) is 9.54. The Morgan fingerprint density at radius 2 is 2.00 bits per heavy atom. The minimum Gasteiger partial charge on any atom is -0.296 e. The lowest BCUT2D eigenvalue weighted by molar-refractivity contribution is -0.135. The molecule has 72 valence electrons. The van der Waals surface area contributed by atoms with Gasteiger partial charge in [-0.3, -0.25) is 4.79 Å². The van der Waals surface area contributed by atoms with Gasteiger partial charge in [-0.2, -0.15) is 0 Å². The van der Waals surface area contributed by atoms with E-state index in [1.165, 1.54) is 0 Å². The van der Waals surface area contributed by atoms with Crippen molar-refractivity contribution in [1.29, 1.82) is 0 Å². The maximum Gasteiger partial charge on any atom is 0.183 e. The van der Waals surface area contributed by atoms with Gasteiger partial charge in [0.2, 0.25) is 0 Å². The number of hydrogen-bond acceptors (Lipinski definition) is 1. The van der Waals surface area contributed by atoms with Crippen molar-refractivity contribution < 1.29 is 4.79 Å². The highest BCUT2D eigenvalue weighted by Crippen LogP contribution is 2.57. The first-order chi connectivity index (χ1) is 5.96. The molecule has 0 bridgehead atoms. The molecule has 0 N–H and O–H groups in total. The maximum atomic E-state index is 11.6. The number of rotatable bonds is 1. The summed E-state index contributed by atoms with van der Waals surface area (Å²) in [6.07, 6.45) is 4.08. The number of Topliss-reactive ketones (excluding diaryl/α,β-unsaturated/α-hetero) is 1. The van der Waals surface area contributed by atoms with E-state index in [-0.39, 0.29) is 17.6 Å². The van der Waals surface area contributed by atoms with E-state index in [0.717, 1.165) is 0 Å². The zero-order chi connectivity index (χ0) is 9.80. The number of fused-ring (bicyclic) bond motifs is 1. The molecule has 3 atom stereocenters. The second-order valence-electron chi connectivity index (χ2n) is 4.25. The summed E-state index contributed by atoms with van der Waals surface area (Å²) in [7, 11) is 0. The number of halogens is 2. The van der Waals surface area contributed by atoms with E-state index in [1.54, 1.807) is 0 Å². The van der Waals surface area contributed by atoms with Gasteiger partial charge in [0.15, 0.2) is 10.1 Å². The molecule has 2 aliphatic carbocycles. The lowest BCUT2D eigenvalue weighted by atomic mass is 9.67. The molecule has 0 aromatic carbocycles. The smallest absolute Gasteiger partial charge is 0.183 e. The van der Waals surface area contributed by atoms with Gasteiger partial charge in [0.05, 0.1) is 0 Å². The number of carbonyl (C=O) groups is 1. The van der Waals surface area contributed by atoms with Crippen LogP contribution in [0, 0.1) is 23.7 Å². The summed E-state index contributed by atoms with van der Waals surface area (Å²) < 4.78 is -1.13. The summed E-state index contributed by atoms with van der Waals surface area (Å²) in [4.78, 5) is 11.6. The zero-order valence-electron chi connectivity index (χ0n) is 7.63. The first-order valence-electron chi connectivity index (χ1n) is 4.56. The quantitative estimate of drug-likeness (QED) is 0.489. The monoisotopic (exact) mass is 218 g/mol. The largest absolute Gasteiger partial charge is 0.296 e. The molecule has 0 heterocycles. The van der Waals surface area contributed by atoms with Gasteiger partial charge in [0.1, 0.15) is 0 Å². The van der Waals surface area contributed by atoms with Crippen LogP contribution in [0.2, 0.25) is 0 Å². The maximum absolute atomic E-state index is 11.6. The first-order valence-corrected chi connectivity index (χ1v) is 5.32. The predicted octanol–water partition coefficient (Wildman–Crippen LogP) is 2.82. The minimum absolute atomic E-state index is 0.00420. The normalized spacial score (nSPS) is 40.7. The summed E-state index contributed by atoms with van der Waals surface area (Å²) >= 11 is 11.8. The van der Waals surface area contributed by atoms with E-state index in [1.807, 2.05) is 6.08 Å². The molecule has 0 aromatic rings. The van der Waals surface area contributed by atoms with Crippen molar-refractivity contribution in [3.05, 3.63) is 12.2 Å². The molecular formula is C10H12Cl2O. The second-order valence-corrected chi connectivity index (χ2v) is 5.63. The zero-order valence-corrected chi connectivity index (χ0v) is 9.14. The molecule has 0 radical (unpaired) electrons. The Hall–Kier alpha value is -0.0100. The summed E-state index contributed by atoms with van der Waals surface area (Å²) in [5.41, 5.74) is 0. The number of carbonyl (C=O) groups excluding carboxylic acids is 1. The highest BCUT2D eigenvalue weighted by atomic mass is 35.5. The molecule has 0 amide bonds. The third kappa shape index (κ3) is 1.10. The highest BCUT2D eigenvalue weighted by Gasteiger charge is 2.63. The van der Waals surface area contributed by atoms with Gasteiger partial charge in [-0.1, -0.05) is 49.2 Å². The van der Waals surface area contributed by atoms with Crippen LogP contribution in [0.25, 0.3) is 0 Å². The van der Waals surface area contributed by atoms with Gasteiger partial charge in [-0.25, -0.2) is 0 Å². The van der Waals surface area contributed by atoms with Gasteiger partial charge in [-0.05, 0) is 11.8 Å². The van der Waals surface area contributed by atoms with E-state index in [0.29, 0.717) is 11.8 Å². The van der Waals surface area contributed by atoms with Crippen LogP contribution in [0.3, 0.4) is 0 Å². The van der Waals surface area contributed by atoms with Gasteiger partial charge in [-0.15, -0.1) is 0 Å². The Morgan fingerprint density at radius 3 is 2.54 bits per heavy atom. The molecule has 0 saturated heterocycles. The molecule has 1 nitrogen and oxygen atoms in total. The van der Waals surface area contributed by atoms with Gasteiger partial charge >= 0.3 is 0 Å². The van der Waals surface area contributed by atoms with Crippen molar-refractivity contribution in [1.82, 2.24) is 0 Å². The SMILES string of the molecule is CC(C)C1C=CC2C1C(=O)C2(Cl)Cl. The molecule has 0 aromatic heterocycles. The van der Waals surface area contributed by atoms with Crippen molar-refractivity contribution in [2.45, 2.75) is 18.2 Å². The third-order valence-electron chi connectivity index (χ3n) is 3.16. The Balaban J connectivity index is 2.22. The Morgan fingerprint density at radius 1 is 1.38 bits per heavy atom. The van der Waals surface area contributed by atoms with E-state index in [2.05, 4.69) is 19.9 Å². The number of allylic oxidation sites excluding steroid dienone is 2. The topological polar surface area (TPSA) is 17.1 Å². The van der Waals surface area contributed by atoms with Crippen molar-refractivity contribution in [3.8, 4) is 0 Å². The molecular weight excluding hydrogens is 207 g/mol. The van der Waals surface area contributed by atoms with Crippen LogP contribution in [-0.2, 0) is 4.79 Å². The molecule has 1 saturated carbocycles. The van der Waals surface area contributed by atoms with Crippen molar-refractivity contribution >= 4 is 29.0 Å². The van der Waals surface area contributed by atoms with Crippen molar-refractivity contribution in [2.24, 2.45) is 23.7 Å². The minimum atomic E-state index is -1.13. The average molecular weight is 219 g/mol. The summed E-state index contributed by atoms with van der Waals surface area (Å²) in [6, 6.07) is 0. The van der Waals surface area contributed by atoms with Gasteiger partial charge in [0.25, 0.3) is 0 Å². The van der Waals surface area contributed by atoms with Gasteiger partial charge in [0, 0.05) is 11.8 Å². The fraction of sp³-hybridized carbons (Fsp3) is 0.700. The fourth-order valence-corrected chi connectivity index (χ4v) is 3.01. The molecule has 0 aliphatic heterocycles. The molecule has 13 heavy (non-hydrogen) atoms. The fourth-order valence-electron chi connectivity index (χ4n) is 2.34. The Bertz CT molecular complexity index is 273. The van der Waals surface area contributed by atoms with E-state index >= 15 is 0 Å². The van der Waals surface area contributed by atoms with E-state index in [9.17, 15) is 4.79 Å². The molecule has 3 heteroatoms. The predicted molar refractivity (Wildman–Crippen MR) is 53.9 cm³/mol. The number of ketones is 1. The van der Waals surface area contributed by atoms with Crippen LogP contribution in [0.15, 0.2) is 12.2 Å². The van der Waals surface area contributed by atoms with E-state index in [4.69, 9.17) is 23.2 Å². The van der Waals surface area contributed by atoms with Crippen molar-refractivity contribution in [2.75, 3.05) is 0 Å². The van der Waals surface area contributed by atoms with E-state index < -0.39 is 4.33 Å². The lowest BCUT2D eigenvalue weighted by Gasteiger charge is -2.44. The number of hydrogen-bond donors (Lipinski definition) is 0. The Labute approximate surface area is 88.1 Å². The average Bonchev–Trinajstić information content (AvgIpc) is 2.45. The van der Waals surface area contributed by atoms with Crippen LogP contribution >= 0.6 is 23.2 Å². The Kier molecular flexibility index (Phi) is 2.01. The molecule has 2 aliphatic rings. The lowest BCUT2D eigenvalue weighted by Crippen LogP contribution is -2.56. The highest BCUT2D eigenvalue weighted by molar-refractivity contribution is 6.61. The summed E-state index contributed by atoms with van der Waals surface area (Å²) in [5, 5.41) is 0. The standard InChI is InChI=1S/C10H12Cl2O/c1-5(2)6-3-4-7-8(6)9(13)10(7,11)12/h3-8H,1-2H3. The van der Waals surface area contributed by atoms with Crippen LogP contribution in [0.1, 0.15) is 13.8 Å². The molecule has 3 unspecified atom stereocenters. The summed E-state index contributed by atoms with van der Waals surface area (Å²) in [6.45, 7) is 4.24. The molecule has 0 spiro atoms. The number of alkyl halides is 2. The van der Waals surface area contributed by atoms with Gasteiger partial charge < -0.3 is 0 Å². The van der Waals surface area contributed by atoms with Crippen molar-refractivity contribution in [3.63, 3.8) is 0 Å². The third-order valence-corrected chi connectivity index (χ3v) is 4.04. The summed E-state index contributed by atoms with van der Waals surface area (Å²) in [5.74, 6) is 0.929. The van der Waals surface area contributed by atoms with Crippen LogP contribution in [0.5, 0.6) is 0 Å². The second kappa shape index (κ2) is 2.74. The molecule has 1 fully saturated rings. The van der Waals surface area contributed by atoms with Crippen LogP contribution in [0.4, 0.5) is 0 Å².